The summed E-state index contributed by atoms with van der Waals surface area (Å²) in [4.78, 5) is 90.7. The fourth-order valence-electron chi connectivity index (χ4n) is 4.11. The molecule has 0 aliphatic rings. The van der Waals surface area contributed by atoms with Gasteiger partial charge in [-0.2, -0.15) is 26.3 Å². The number of rotatable bonds is 28. The normalized spacial score (nSPS) is 12.8. The number of halogens is 6. The molecular formula is C50H94F6N8O12. The van der Waals surface area contributed by atoms with Gasteiger partial charge in [-0.05, 0) is 65.2 Å². The van der Waals surface area contributed by atoms with Crippen LogP contribution in [0.25, 0.3) is 0 Å². The largest absolute Gasteiger partial charge is 0.464 e. The Balaban J connectivity index is -0.000000456. The third-order valence-corrected chi connectivity index (χ3v) is 11.0. The number of hydrogen-bond acceptors (Lipinski definition) is 12. The molecule has 4 unspecified atom stereocenters. The number of carbonyl (C=O) groups is 8. The van der Waals surface area contributed by atoms with E-state index in [1.807, 2.05) is 76.2 Å². The fourth-order valence-corrected chi connectivity index (χ4v) is 4.11. The van der Waals surface area contributed by atoms with Crippen LogP contribution < -0.4 is 42.5 Å². The molecule has 76 heavy (non-hydrogen) atoms. The molecule has 4 atom stereocenters. The van der Waals surface area contributed by atoms with Crippen molar-refractivity contribution in [3.63, 3.8) is 0 Å². The number of hydrogen-bond donors (Lipinski definition) is 8. The van der Waals surface area contributed by atoms with Crippen LogP contribution in [0.4, 0.5) is 45.5 Å². The van der Waals surface area contributed by atoms with Gasteiger partial charge in [-0.1, -0.05) is 83.1 Å². The number of alkyl halides is 6. The molecular weight excluding hydrogens is 1020 g/mol. The second-order valence-electron chi connectivity index (χ2n) is 19.9. The van der Waals surface area contributed by atoms with Crippen molar-refractivity contribution in [2.75, 3.05) is 78.8 Å². The quantitative estimate of drug-likeness (QED) is 0.0160. The first-order valence-corrected chi connectivity index (χ1v) is 25.8. The standard InChI is InChI=1S/C13H23F3N2O3.C13H26N2O3.C12H21F3N2O3.C12H24N2O3/c1-5-12(3,4)10(19)21-7-6-17-11(20)18-8-9(2)13(14,15)16;1-6-13(4,5)11(16)18-8-7-14-12(17)15-9-10(2)3;1-4-8(2)10(18)20-6-5-16-11(19)17-7-9(3)12(13,14)15;1-5-10(4)11(15)17-7-6-13-12(16)14-8-9(2)3/h9H,5-8H2,1-4H3,(H2,17,18,20);10H,6-9H2,1-5H3,(H2,14,15,17);8-9H,4-7H2,1-3H3,(H2,16,17,19);9-10H,5-8H2,1-4H3,(H2,13,14,16). The van der Waals surface area contributed by atoms with Crippen LogP contribution in [0.5, 0.6) is 0 Å². The second kappa shape index (κ2) is 41.7. The summed E-state index contributed by atoms with van der Waals surface area (Å²) in [5.41, 5.74) is -1.05. The van der Waals surface area contributed by atoms with Crippen molar-refractivity contribution in [1.29, 1.82) is 0 Å². The molecule has 26 heteroatoms. The molecule has 8 N–H and O–H groups in total. The van der Waals surface area contributed by atoms with Gasteiger partial charge in [0, 0.05) is 26.2 Å². The van der Waals surface area contributed by atoms with Gasteiger partial charge < -0.3 is 61.5 Å². The fraction of sp³-hybridized carbons (Fsp3) is 0.840. The van der Waals surface area contributed by atoms with Gasteiger partial charge in [0.1, 0.15) is 26.4 Å². The molecule has 0 spiro atoms. The highest BCUT2D eigenvalue weighted by Gasteiger charge is 2.37. The minimum Gasteiger partial charge on any atom is -0.464 e. The van der Waals surface area contributed by atoms with E-state index in [1.54, 1.807) is 20.8 Å². The topological polar surface area (TPSA) is 270 Å². The number of urea groups is 4. The van der Waals surface area contributed by atoms with Gasteiger partial charge in [0.25, 0.3) is 0 Å². The third kappa shape index (κ3) is 43.7. The summed E-state index contributed by atoms with van der Waals surface area (Å²) in [5.74, 6) is -3.86. The first-order chi connectivity index (χ1) is 34.9. The van der Waals surface area contributed by atoms with Gasteiger partial charge in [0.05, 0.1) is 60.7 Å². The summed E-state index contributed by atoms with van der Waals surface area (Å²) in [6.45, 7) is 29.8. The predicted octanol–water partition coefficient (Wildman–Crippen LogP) is 7.99. The van der Waals surface area contributed by atoms with E-state index < -0.39 is 60.2 Å². The van der Waals surface area contributed by atoms with Crippen molar-refractivity contribution in [3.8, 4) is 0 Å². The highest BCUT2D eigenvalue weighted by Crippen LogP contribution is 2.26. The third-order valence-electron chi connectivity index (χ3n) is 11.0. The van der Waals surface area contributed by atoms with Gasteiger partial charge >= 0.3 is 60.4 Å². The second-order valence-corrected chi connectivity index (χ2v) is 19.9. The Morgan fingerprint density at radius 2 is 0.618 bits per heavy atom. The number of esters is 4. The highest BCUT2D eigenvalue weighted by molar-refractivity contribution is 5.77. The lowest BCUT2D eigenvalue weighted by Crippen LogP contribution is -2.42. The van der Waals surface area contributed by atoms with Gasteiger partial charge in [0.15, 0.2) is 0 Å². The van der Waals surface area contributed by atoms with E-state index in [-0.39, 0.29) is 87.3 Å². The van der Waals surface area contributed by atoms with Gasteiger partial charge in [0.2, 0.25) is 0 Å². The average molecular weight is 1110 g/mol. The van der Waals surface area contributed by atoms with Crippen molar-refractivity contribution in [2.45, 2.75) is 149 Å². The van der Waals surface area contributed by atoms with Gasteiger partial charge in [-0.15, -0.1) is 0 Å². The molecule has 448 valence electrons. The molecule has 0 aromatic heterocycles. The molecule has 0 saturated carbocycles. The van der Waals surface area contributed by atoms with Crippen molar-refractivity contribution >= 4 is 48.0 Å². The average Bonchev–Trinajstić information content (AvgIpc) is 3.35. The molecule has 8 amide bonds. The predicted molar refractivity (Wildman–Crippen MR) is 277 cm³/mol. The van der Waals surface area contributed by atoms with Gasteiger partial charge in [-0.3, -0.25) is 19.2 Å². The van der Waals surface area contributed by atoms with Crippen LogP contribution in [0.1, 0.15) is 136 Å². The first-order valence-electron chi connectivity index (χ1n) is 25.8. The Kier molecular flexibility index (Phi) is 42.2. The molecule has 0 rings (SSSR count). The van der Waals surface area contributed by atoms with E-state index in [2.05, 4.69) is 42.5 Å². The van der Waals surface area contributed by atoms with Crippen molar-refractivity contribution in [3.05, 3.63) is 0 Å². The van der Waals surface area contributed by atoms with Crippen molar-refractivity contribution < 1.29 is 83.6 Å². The summed E-state index contributed by atoms with van der Waals surface area (Å²) in [7, 11) is 0. The van der Waals surface area contributed by atoms with Crippen LogP contribution in [-0.4, -0.2) is 139 Å². The molecule has 20 nitrogen and oxygen atoms in total. The van der Waals surface area contributed by atoms with Crippen LogP contribution in [-0.2, 0) is 38.1 Å². The Morgan fingerprint density at radius 1 is 0.382 bits per heavy atom. The summed E-state index contributed by atoms with van der Waals surface area (Å²) in [6.07, 6.45) is -5.90. The first kappa shape index (κ1) is 77.0. The zero-order chi connectivity index (χ0) is 59.9. The molecule has 0 bridgehead atoms. The minimum atomic E-state index is -4.34. The van der Waals surface area contributed by atoms with Crippen LogP contribution in [0.2, 0.25) is 0 Å². The van der Waals surface area contributed by atoms with Crippen LogP contribution in [0.3, 0.4) is 0 Å². The highest BCUT2D eigenvalue weighted by atomic mass is 19.4. The maximum atomic E-state index is 12.2. The molecule has 0 fully saturated rings. The maximum absolute atomic E-state index is 12.2. The zero-order valence-electron chi connectivity index (χ0n) is 47.9. The van der Waals surface area contributed by atoms with E-state index in [0.717, 1.165) is 26.7 Å². The summed E-state index contributed by atoms with van der Waals surface area (Å²) >= 11 is 0. The Bertz CT molecular complexity index is 1670. The Morgan fingerprint density at radius 3 is 0.829 bits per heavy atom. The molecule has 0 saturated heterocycles. The number of nitrogens with one attached hydrogen (secondary N) is 8. The van der Waals surface area contributed by atoms with Crippen LogP contribution in [0.15, 0.2) is 0 Å². The minimum absolute atomic E-state index is 0.00851. The molecule has 0 aromatic rings. The molecule has 0 aliphatic carbocycles. The number of ether oxygens (including phenoxy) is 4. The molecule has 0 aliphatic heterocycles. The summed E-state index contributed by atoms with van der Waals surface area (Å²) < 4.78 is 93.1. The van der Waals surface area contributed by atoms with E-state index in [9.17, 15) is 64.7 Å². The van der Waals surface area contributed by atoms with E-state index >= 15 is 0 Å². The van der Waals surface area contributed by atoms with Gasteiger partial charge in [-0.25, -0.2) is 19.2 Å². The number of carbonyl (C=O) groups excluding carboxylic acids is 8. The van der Waals surface area contributed by atoms with Crippen molar-refractivity contribution in [2.24, 2.45) is 46.3 Å². The lowest BCUT2D eigenvalue weighted by atomic mass is 9.91. The van der Waals surface area contributed by atoms with Crippen LogP contribution in [0, 0.1) is 46.3 Å². The zero-order valence-corrected chi connectivity index (χ0v) is 47.9. The van der Waals surface area contributed by atoms with E-state index in [1.165, 1.54) is 0 Å². The molecule has 0 heterocycles. The molecule has 0 radical (unpaired) electrons. The Hall–Kier alpha value is -5.46. The maximum Gasteiger partial charge on any atom is 0.393 e. The molecule has 0 aromatic carbocycles. The lowest BCUT2D eigenvalue weighted by Gasteiger charge is -2.20. The SMILES string of the molecule is CCC(C)(C)C(=O)OCCNC(=O)NCC(C)C.CCC(C)(C)C(=O)OCCNC(=O)NCC(C)C(F)(F)F.CCC(C)C(=O)OCCNC(=O)NCC(C)C.CCC(C)C(=O)OCCNC(=O)NCC(C)C(F)(F)F. The van der Waals surface area contributed by atoms with Crippen molar-refractivity contribution in [1.82, 2.24) is 42.5 Å². The summed E-state index contributed by atoms with van der Waals surface area (Å²) in [6, 6.07) is -1.90. The van der Waals surface area contributed by atoms with Crippen LogP contribution >= 0.6 is 0 Å². The monoisotopic (exact) mass is 1110 g/mol. The Labute approximate surface area is 447 Å². The smallest absolute Gasteiger partial charge is 0.393 e. The lowest BCUT2D eigenvalue weighted by molar-refractivity contribution is -0.168. The summed E-state index contributed by atoms with van der Waals surface area (Å²) in [5, 5.41) is 19.5. The van der Waals surface area contributed by atoms with E-state index in [4.69, 9.17) is 18.9 Å². The van der Waals surface area contributed by atoms with E-state index in [0.29, 0.717) is 50.9 Å². The number of amides is 8.